The Kier molecular flexibility index (Phi) is 5.25. The van der Waals surface area contributed by atoms with E-state index in [-0.39, 0.29) is 6.04 Å². The molecule has 0 aromatic carbocycles. The van der Waals surface area contributed by atoms with Gasteiger partial charge in [0.25, 0.3) is 0 Å². The monoisotopic (exact) mass is 301 g/mol. The third kappa shape index (κ3) is 4.09. The maximum Gasteiger partial charge on any atom is 0.410 e. The number of hydrogen-bond donors (Lipinski definition) is 1. The van der Waals surface area contributed by atoms with Crippen molar-refractivity contribution in [2.45, 2.75) is 65.2 Å². The van der Waals surface area contributed by atoms with Crippen LogP contribution in [0.15, 0.2) is 0 Å². The van der Waals surface area contributed by atoms with Gasteiger partial charge in [-0.3, -0.25) is 0 Å². The van der Waals surface area contributed by atoms with Gasteiger partial charge in [-0.1, -0.05) is 13.8 Å². The number of ether oxygens (including phenoxy) is 2. The van der Waals surface area contributed by atoms with Crippen LogP contribution < -0.4 is 0 Å². The quantitative estimate of drug-likeness (QED) is 0.863. The van der Waals surface area contributed by atoms with Crippen molar-refractivity contribution < 1.29 is 24.2 Å². The van der Waals surface area contributed by atoms with E-state index in [0.29, 0.717) is 6.54 Å². The van der Waals surface area contributed by atoms with Crippen LogP contribution >= 0.6 is 0 Å². The van der Waals surface area contributed by atoms with Crippen LogP contribution in [0.3, 0.4) is 0 Å². The zero-order valence-corrected chi connectivity index (χ0v) is 13.8. The molecule has 0 aliphatic carbocycles. The van der Waals surface area contributed by atoms with Crippen LogP contribution in [0.4, 0.5) is 4.79 Å². The molecule has 2 unspecified atom stereocenters. The fraction of sp³-hybridized carbons (Fsp3) is 0.867. The van der Waals surface area contributed by atoms with Gasteiger partial charge in [0.05, 0.1) is 0 Å². The highest BCUT2D eigenvalue weighted by atomic mass is 16.6. The number of rotatable bonds is 4. The van der Waals surface area contributed by atoms with E-state index >= 15 is 0 Å². The third-order valence-corrected chi connectivity index (χ3v) is 3.88. The van der Waals surface area contributed by atoms with Gasteiger partial charge in [0.2, 0.25) is 0 Å². The van der Waals surface area contributed by atoms with Crippen molar-refractivity contribution in [2.24, 2.45) is 5.41 Å². The molecule has 1 fully saturated rings. The Morgan fingerprint density at radius 2 is 1.81 bits per heavy atom. The lowest BCUT2D eigenvalue weighted by Gasteiger charge is -2.40. The number of aliphatic carboxylic acids is 1. The van der Waals surface area contributed by atoms with Crippen molar-refractivity contribution in [3.63, 3.8) is 0 Å². The van der Waals surface area contributed by atoms with Crippen LogP contribution in [0.1, 0.15) is 47.5 Å². The maximum absolute atomic E-state index is 12.3. The van der Waals surface area contributed by atoms with Crippen molar-refractivity contribution in [2.75, 3.05) is 13.7 Å². The first-order valence-electron chi connectivity index (χ1n) is 7.26. The summed E-state index contributed by atoms with van der Waals surface area (Å²) in [6, 6.07) is -0.214. The van der Waals surface area contributed by atoms with E-state index in [0.717, 1.165) is 12.8 Å². The average molecular weight is 301 g/mol. The molecule has 21 heavy (non-hydrogen) atoms. The molecule has 0 aromatic heterocycles. The molecule has 1 aliphatic heterocycles. The van der Waals surface area contributed by atoms with Crippen molar-refractivity contribution in [1.29, 1.82) is 0 Å². The lowest BCUT2D eigenvalue weighted by Crippen LogP contribution is -2.53. The zero-order valence-electron chi connectivity index (χ0n) is 13.8. The number of carboxylic acids is 1. The molecule has 0 bridgehead atoms. The minimum Gasteiger partial charge on any atom is -0.479 e. The number of nitrogens with zero attached hydrogens (tertiary/aromatic N) is 1. The number of carboxylic acid groups (broad SMARTS) is 1. The molecule has 1 saturated heterocycles. The topological polar surface area (TPSA) is 76.1 Å². The van der Waals surface area contributed by atoms with Crippen LogP contribution in [0.2, 0.25) is 0 Å². The highest BCUT2D eigenvalue weighted by Crippen LogP contribution is 2.38. The molecular formula is C15H27NO5. The molecule has 1 aliphatic rings. The Bertz CT molecular complexity index is 399. The number of carbonyl (C=O) groups excluding carboxylic acids is 1. The Morgan fingerprint density at radius 1 is 1.24 bits per heavy atom. The first-order valence-corrected chi connectivity index (χ1v) is 7.26. The van der Waals surface area contributed by atoms with Crippen LogP contribution in [-0.4, -0.2) is 53.5 Å². The molecule has 0 saturated carbocycles. The highest BCUT2D eigenvalue weighted by Gasteiger charge is 2.48. The van der Waals surface area contributed by atoms with Crippen molar-refractivity contribution >= 4 is 12.1 Å². The van der Waals surface area contributed by atoms with Crippen molar-refractivity contribution in [1.82, 2.24) is 4.90 Å². The number of methoxy groups -OCH3 is 1. The van der Waals surface area contributed by atoms with Crippen LogP contribution in [0.25, 0.3) is 0 Å². The fourth-order valence-electron chi connectivity index (χ4n) is 2.98. The highest BCUT2D eigenvalue weighted by molar-refractivity contribution is 5.74. The van der Waals surface area contributed by atoms with E-state index in [1.165, 1.54) is 7.11 Å². The Morgan fingerprint density at radius 3 is 2.24 bits per heavy atom. The standard InChI is InChI=1S/C15H27NO5/c1-14(2,3)21-13(19)16-9-7-8-10(16)15(4,5)11(20-6)12(17)18/h10-11H,7-9H2,1-6H3,(H,17,18). The number of hydrogen-bond acceptors (Lipinski definition) is 4. The minimum absolute atomic E-state index is 0.214. The number of likely N-dealkylation sites (tertiary alicyclic amines) is 1. The first-order chi connectivity index (χ1) is 9.50. The second-order valence-corrected chi connectivity index (χ2v) is 7.11. The molecule has 0 radical (unpaired) electrons. The second-order valence-electron chi connectivity index (χ2n) is 7.11. The molecule has 0 aromatic rings. The van der Waals surface area contributed by atoms with Gasteiger partial charge < -0.3 is 19.5 Å². The minimum atomic E-state index is -1.02. The van der Waals surface area contributed by atoms with Gasteiger partial charge >= 0.3 is 12.1 Å². The van der Waals surface area contributed by atoms with E-state index in [1.54, 1.807) is 4.90 Å². The summed E-state index contributed by atoms with van der Waals surface area (Å²) in [7, 11) is 1.38. The summed E-state index contributed by atoms with van der Waals surface area (Å²) >= 11 is 0. The summed E-state index contributed by atoms with van der Waals surface area (Å²) in [5, 5.41) is 9.32. The van der Waals surface area contributed by atoms with Gasteiger partial charge in [-0.15, -0.1) is 0 Å². The number of carbonyl (C=O) groups is 2. The maximum atomic E-state index is 12.3. The predicted octanol–water partition coefficient (Wildman–Crippen LogP) is 2.51. The Labute approximate surface area is 126 Å². The summed E-state index contributed by atoms with van der Waals surface area (Å²) in [6.07, 6.45) is 0.229. The number of amides is 1. The van der Waals surface area contributed by atoms with Crippen molar-refractivity contribution in [3.8, 4) is 0 Å². The van der Waals surface area contributed by atoms with Gasteiger partial charge in [-0.2, -0.15) is 0 Å². The largest absolute Gasteiger partial charge is 0.479 e. The normalized spacial score (nSPS) is 21.2. The molecule has 6 nitrogen and oxygen atoms in total. The molecule has 1 rings (SSSR count). The average Bonchev–Trinajstić information content (AvgIpc) is 2.75. The summed E-state index contributed by atoms with van der Waals surface area (Å²) in [5.41, 5.74) is -1.27. The molecule has 122 valence electrons. The molecule has 2 atom stereocenters. The van der Waals surface area contributed by atoms with Crippen LogP contribution in [0, 0.1) is 5.41 Å². The molecule has 0 spiro atoms. The molecule has 6 heteroatoms. The Hall–Kier alpha value is -1.30. The summed E-state index contributed by atoms with van der Waals surface area (Å²) in [5.74, 6) is -1.02. The van der Waals surface area contributed by atoms with Gasteiger partial charge in [-0.05, 0) is 33.6 Å². The summed E-state index contributed by atoms with van der Waals surface area (Å²) in [6.45, 7) is 9.67. The SMILES string of the molecule is COC(C(=O)O)C(C)(C)C1CCCN1C(=O)OC(C)(C)C. The molecule has 1 amide bonds. The van der Waals surface area contributed by atoms with E-state index in [4.69, 9.17) is 9.47 Å². The molecule has 1 heterocycles. The van der Waals surface area contributed by atoms with Gasteiger partial charge in [-0.25, -0.2) is 9.59 Å². The lowest BCUT2D eigenvalue weighted by molar-refractivity contribution is -0.159. The zero-order chi connectivity index (χ0) is 16.4. The smallest absolute Gasteiger partial charge is 0.410 e. The van der Waals surface area contributed by atoms with E-state index in [9.17, 15) is 14.7 Å². The van der Waals surface area contributed by atoms with Crippen LogP contribution in [-0.2, 0) is 14.3 Å². The van der Waals surface area contributed by atoms with Gasteiger partial charge in [0.1, 0.15) is 5.60 Å². The lowest BCUT2D eigenvalue weighted by atomic mass is 9.77. The van der Waals surface area contributed by atoms with Gasteiger partial charge in [0, 0.05) is 25.1 Å². The fourth-order valence-corrected chi connectivity index (χ4v) is 2.98. The third-order valence-electron chi connectivity index (χ3n) is 3.88. The predicted molar refractivity (Wildman–Crippen MR) is 78.2 cm³/mol. The summed E-state index contributed by atoms with van der Waals surface area (Å²) < 4.78 is 10.6. The van der Waals surface area contributed by atoms with Crippen LogP contribution in [0.5, 0.6) is 0 Å². The van der Waals surface area contributed by atoms with E-state index in [2.05, 4.69) is 0 Å². The Balaban J connectivity index is 2.94. The molecule has 1 N–H and O–H groups in total. The van der Waals surface area contributed by atoms with E-state index < -0.39 is 29.2 Å². The second kappa shape index (κ2) is 6.22. The first kappa shape index (κ1) is 17.8. The molecular weight excluding hydrogens is 274 g/mol. The van der Waals surface area contributed by atoms with E-state index in [1.807, 2.05) is 34.6 Å². The van der Waals surface area contributed by atoms with Gasteiger partial charge in [0.15, 0.2) is 6.10 Å². The van der Waals surface area contributed by atoms with Crippen molar-refractivity contribution in [3.05, 3.63) is 0 Å². The summed E-state index contributed by atoms with van der Waals surface area (Å²) in [4.78, 5) is 25.3.